The van der Waals surface area contributed by atoms with Crippen LogP contribution in [0.4, 0.5) is 10.1 Å². The van der Waals surface area contributed by atoms with Gasteiger partial charge in [-0.15, -0.1) is 0 Å². The molecule has 1 saturated heterocycles. The van der Waals surface area contributed by atoms with Gasteiger partial charge in [0.15, 0.2) is 0 Å². The monoisotopic (exact) mass is 461 g/mol. The summed E-state index contributed by atoms with van der Waals surface area (Å²) in [5.74, 6) is -1.99. The lowest BCUT2D eigenvalue weighted by molar-refractivity contribution is -0.132. The predicted molar refractivity (Wildman–Crippen MR) is 127 cm³/mol. The standard InChI is InChI=1S/C27H24FNO5/c1-4-34-20-11-8-17(9-12-20)24-23(25(30)21-15-18(28)10-13-22(21)33-3)26(31)27(32)29(24)19-7-5-6-16(2)14-19/h5-15,24,30H,4H2,1-3H3/b25-23+. The van der Waals surface area contributed by atoms with Gasteiger partial charge in [0, 0.05) is 5.69 Å². The van der Waals surface area contributed by atoms with Crippen LogP contribution in [-0.4, -0.2) is 30.5 Å². The number of hydrogen-bond donors (Lipinski definition) is 1. The number of ketones is 1. The maximum atomic E-state index is 14.1. The lowest BCUT2D eigenvalue weighted by Gasteiger charge is -2.26. The number of aliphatic hydroxyl groups excluding tert-OH is 1. The molecule has 1 unspecified atom stereocenters. The van der Waals surface area contributed by atoms with Crippen LogP contribution in [0, 0.1) is 12.7 Å². The minimum absolute atomic E-state index is 0.0133. The Bertz CT molecular complexity index is 1280. The highest BCUT2D eigenvalue weighted by Crippen LogP contribution is 2.43. The minimum Gasteiger partial charge on any atom is -0.507 e. The van der Waals surface area contributed by atoms with E-state index in [4.69, 9.17) is 9.47 Å². The van der Waals surface area contributed by atoms with Gasteiger partial charge in [0.25, 0.3) is 11.7 Å². The second-order valence-electron chi connectivity index (χ2n) is 7.85. The second-order valence-corrected chi connectivity index (χ2v) is 7.85. The molecule has 0 bridgehead atoms. The lowest BCUT2D eigenvalue weighted by atomic mass is 9.94. The maximum absolute atomic E-state index is 14.1. The largest absolute Gasteiger partial charge is 0.507 e. The number of carbonyl (C=O) groups is 2. The van der Waals surface area contributed by atoms with E-state index in [-0.39, 0.29) is 16.9 Å². The quantitative estimate of drug-likeness (QED) is 0.312. The van der Waals surface area contributed by atoms with Crippen molar-refractivity contribution in [3.05, 3.63) is 94.8 Å². The van der Waals surface area contributed by atoms with Gasteiger partial charge in [-0.05, 0) is 67.4 Å². The summed E-state index contributed by atoms with van der Waals surface area (Å²) >= 11 is 0. The fourth-order valence-corrected chi connectivity index (χ4v) is 4.12. The van der Waals surface area contributed by atoms with E-state index in [1.807, 2.05) is 19.9 Å². The van der Waals surface area contributed by atoms with E-state index in [0.29, 0.717) is 23.6 Å². The third-order valence-electron chi connectivity index (χ3n) is 5.65. The number of benzene rings is 3. The number of Topliss-reactive ketones (excluding diaryl/α,β-unsaturated/α-hetero) is 1. The number of methoxy groups -OCH3 is 1. The van der Waals surface area contributed by atoms with E-state index in [1.165, 1.54) is 24.1 Å². The van der Waals surface area contributed by atoms with E-state index < -0.39 is 29.3 Å². The molecular formula is C27H24FNO5. The fourth-order valence-electron chi connectivity index (χ4n) is 4.12. The van der Waals surface area contributed by atoms with Crippen LogP contribution in [0.5, 0.6) is 11.5 Å². The number of rotatable bonds is 6. The Kier molecular flexibility index (Phi) is 6.36. The van der Waals surface area contributed by atoms with Crippen molar-refractivity contribution in [3.8, 4) is 11.5 Å². The Balaban J connectivity index is 1.95. The molecule has 0 spiro atoms. The van der Waals surface area contributed by atoms with Crippen molar-refractivity contribution < 1.29 is 28.6 Å². The summed E-state index contributed by atoms with van der Waals surface area (Å²) in [5, 5.41) is 11.2. The van der Waals surface area contributed by atoms with E-state index in [9.17, 15) is 19.1 Å². The molecule has 34 heavy (non-hydrogen) atoms. The van der Waals surface area contributed by atoms with Crippen molar-refractivity contribution in [2.75, 3.05) is 18.6 Å². The topological polar surface area (TPSA) is 76.1 Å². The molecule has 0 radical (unpaired) electrons. The molecule has 0 saturated carbocycles. The van der Waals surface area contributed by atoms with Crippen LogP contribution in [0.2, 0.25) is 0 Å². The number of anilines is 1. The molecule has 3 aromatic rings. The number of nitrogens with zero attached hydrogens (tertiary/aromatic N) is 1. The van der Waals surface area contributed by atoms with Crippen molar-refractivity contribution >= 4 is 23.1 Å². The van der Waals surface area contributed by atoms with E-state index in [0.717, 1.165) is 11.6 Å². The summed E-state index contributed by atoms with van der Waals surface area (Å²) in [6, 6.07) is 16.8. The Morgan fingerprint density at radius 1 is 1.06 bits per heavy atom. The molecule has 174 valence electrons. The highest BCUT2D eigenvalue weighted by Gasteiger charge is 2.47. The van der Waals surface area contributed by atoms with Crippen LogP contribution < -0.4 is 14.4 Å². The Hall–Kier alpha value is -4.13. The third-order valence-corrected chi connectivity index (χ3v) is 5.65. The van der Waals surface area contributed by atoms with Crippen LogP contribution in [0.25, 0.3) is 5.76 Å². The fraction of sp³-hybridized carbons (Fsp3) is 0.185. The molecule has 1 aliphatic heterocycles. The zero-order valence-electron chi connectivity index (χ0n) is 19.0. The summed E-state index contributed by atoms with van der Waals surface area (Å²) in [5.41, 5.74) is 1.82. The number of halogens is 1. The summed E-state index contributed by atoms with van der Waals surface area (Å²) in [4.78, 5) is 27.8. The third kappa shape index (κ3) is 4.12. The van der Waals surface area contributed by atoms with Gasteiger partial charge in [0.1, 0.15) is 23.1 Å². The molecule has 1 amide bonds. The van der Waals surface area contributed by atoms with Crippen LogP contribution in [0.1, 0.15) is 29.7 Å². The zero-order valence-corrected chi connectivity index (χ0v) is 19.0. The number of hydrogen-bond acceptors (Lipinski definition) is 5. The van der Waals surface area contributed by atoms with E-state index in [1.54, 1.807) is 42.5 Å². The van der Waals surface area contributed by atoms with Gasteiger partial charge in [-0.2, -0.15) is 0 Å². The average Bonchev–Trinajstić information content (AvgIpc) is 3.09. The molecule has 1 N–H and O–H groups in total. The molecule has 0 aromatic heterocycles. The Labute approximate surface area is 196 Å². The number of amides is 1. The second kappa shape index (κ2) is 9.39. The summed E-state index contributed by atoms with van der Waals surface area (Å²) in [7, 11) is 1.37. The summed E-state index contributed by atoms with van der Waals surface area (Å²) < 4.78 is 24.8. The van der Waals surface area contributed by atoms with Crippen molar-refractivity contribution in [2.24, 2.45) is 0 Å². The normalized spacial score (nSPS) is 17.2. The maximum Gasteiger partial charge on any atom is 0.300 e. The average molecular weight is 461 g/mol. The number of carbonyl (C=O) groups excluding carboxylic acids is 2. The van der Waals surface area contributed by atoms with Gasteiger partial charge >= 0.3 is 0 Å². The summed E-state index contributed by atoms with van der Waals surface area (Å²) in [6.07, 6.45) is 0. The SMILES string of the molecule is CCOc1ccc(C2/C(=C(\O)c3cc(F)ccc3OC)C(=O)C(=O)N2c2cccc(C)c2)cc1. The van der Waals surface area contributed by atoms with E-state index >= 15 is 0 Å². The Morgan fingerprint density at radius 2 is 1.79 bits per heavy atom. The molecule has 1 heterocycles. The number of ether oxygens (including phenoxy) is 2. The highest BCUT2D eigenvalue weighted by molar-refractivity contribution is 6.51. The molecule has 4 rings (SSSR count). The van der Waals surface area contributed by atoms with Crippen LogP contribution in [0.15, 0.2) is 72.3 Å². The molecule has 1 atom stereocenters. The number of aryl methyl sites for hydroxylation is 1. The van der Waals surface area contributed by atoms with Crippen molar-refractivity contribution in [2.45, 2.75) is 19.9 Å². The first kappa shape index (κ1) is 23.0. The van der Waals surface area contributed by atoms with Gasteiger partial charge in [0.05, 0.1) is 30.9 Å². The van der Waals surface area contributed by atoms with Gasteiger partial charge in [-0.1, -0.05) is 24.3 Å². The molecule has 1 aliphatic rings. The van der Waals surface area contributed by atoms with Crippen molar-refractivity contribution in [1.29, 1.82) is 0 Å². The van der Waals surface area contributed by atoms with Crippen molar-refractivity contribution in [1.82, 2.24) is 0 Å². The molecule has 6 nitrogen and oxygen atoms in total. The Morgan fingerprint density at radius 3 is 2.44 bits per heavy atom. The first-order chi connectivity index (χ1) is 16.3. The van der Waals surface area contributed by atoms with Crippen LogP contribution in [0.3, 0.4) is 0 Å². The predicted octanol–water partition coefficient (Wildman–Crippen LogP) is 5.17. The van der Waals surface area contributed by atoms with E-state index in [2.05, 4.69) is 0 Å². The first-order valence-corrected chi connectivity index (χ1v) is 10.8. The summed E-state index contributed by atoms with van der Waals surface area (Å²) in [6.45, 7) is 4.23. The molecule has 1 fully saturated rings. The molecule has 7 heteroatoms. The molecule has 3 aromatic carbocycles. The smallest absolute Gasteiger partial charge is 0.300 e. The van der Waals surface area contributed by atoms with Crippen LogP contribution >= 0.6 is 0 Å². The van der Waals surface area contributed by atoms with Crippen LogP contribution in [-0.2, 0) is 9.59 Å². The van der Waals surface area contributed by atoms with Gasteiger partial charge in [-0.25, -0.2) is 4.39 Å². The van der Waals surface area contributed by atoms with Gasteiger partial charge < -0.3 is 14.6 Å². The lowest BCUT2D eigenvalue weighted by Crippen LogP contribution is -2.29. The highest BCUT2D eigenvalue weighted by atomic mass is 19.1. The minimum atomic E-state index is -0.939. The molecule has 0 aliphatic carbocycles. The van der Waals surface area contributed by atoms with Gasteiger partial charge in [-0.3, -0.25) is 14.5 Å². The number of aliphatic hydroxyl groups is 1. The zero-order chi connectivity index (χ0) is 24.4. The van der Waals surface area contributed by atoms with Crippen molar-refractivity contribution in [3.63, 3.8) is 0 Å². The first-order valence-electron chi connectivity index (χ1n) is 10.8. The molecular weight excluding hydrogens is 437 g/mol. The van der Waals surface area contributed by atoms with Gasteiger partial charge in [0.2, 0.25) is 0 Å².